The van der Waals surface area contributed by atoms with Crippen molar-refractivity contribution >= 4 is 40.6 Å². The first-order valence-corrected chi connectivity index (χ1v) is 8.07. The third kappa shape index (κ3) is 8.25. The number of carboxylic acid groups (broad SMARTS) is 1. The topological polar surface area (TPSA) is 130 Å². The van der Waals surface area contributed by atoms with E-state index < -0.39 is 17.9 Å². The van der Waals surface area contributed by atoms with Crippen LogP contribution >= 0.6 is 12.2 Å². The Bertz CT molecular complexity index is 624. The van der Waals surface area contributed by atoms with E-state index in [-0.39, 0.29) is 19.6 Å². The van der Waals surface area contributed by atoms with Crippen molar-refractivity contribution in [1.29, 1.82) is 0 Å². The van der Waals surface area contributed by atoms with Gasteiger partial charge in [0.05, 0.1) is 25.5 Å². The molecule has 25 heavy (non-hydrogen) atoms. The molecule has 0 aliphatic carbocycles. The van der Waals surface area contributed by atoms with Gasteiger partial charge >= 0.3 is 0 Å². The zero-order valence-corrected chi connectivity index (χ0v) is 14.5. The molecule has 0 spiro atoms. The molecule has 0 fully saturated rings. The van der Waals surface area contributed by atoms with Crippen molar-refractivity contribution in [1.82, 2.24) is 5.32 Å². The highest BCUT2D eigenvalue weighted by Gasteiger charge is 2.18. The molecule has 0 bridgehead atoms. The van der Waals surface area contributed by atoms with Crippen LogP contribution in [0.3, 0.4) is 0 Å². The Labute approximate surface area is 151 Å². The van der Waals surface area contributed by atoms with Crippen molar-refractivity contribution in [2.24, 2.45) is 0 Å². The number of thiocarbonyl (C=S) groups is 1. The Morgan fingerprint density at radius 1 is 1.36 bits per heavy atom. The quantitative estimate of drug-likeness (QED) is 0.243. The van der Waals surface area contributed by atoms with E-state index >= 15 is 0 Å². The zero-order chi connectivity index (χ0) is 18.7. The highest BCUT2D eigenvalue weighted by molar-refractivity contribution is 7.80. The molecule has 0 saturated carbocycles. The fourth-order valence-corrected chi connectivity index (χ4v) is 2.17. The van der Waals surface area contributed by atoms with E-state index in [2.05, 4.69) is 22.5 Å². The van der Waals surface area contributed by atoms with Crippen molar-refractivity contribution < 1.29 is 25.1 Å². The summed E-state index contributed by atoms with van der Waals surface area (Å²) in [5, 5.41) is 30.0. The number of benzene rings is 1. The Balaban J connectivity index is 2.61. The van der Waals surface area contributed by atoms with Gasteiger partial charge in [-0.3, -0.25) is 4.79 Å². The number of anilines is 2. The minimum Gasteiger partial charge on any atom is -0.544 e. The predicted molar refractivity (Wildman–Crippen MR) is 96.8 cm³/mol. The number of aliphatic hydroxyl groups excluding tert-OH is 1. The first-order chi connectivity index (χ1) is 12.0. The molecule has 1 rings (SSSR count). The van der Waals surface area contributed by atoms with Gasteiger partial charge in [-0.2, -0.15) is 0 Å². The number of quaternary nitrogens is 1. The monoisotopic (exact) mass is 366 g/mol. The second kappa shape index (κ2) is 11.1. The molecule has 1 amide bonds. The van der Waals surface area contributed by atoms with Gasteiger partial charge in [0.2, 0.25) is 5.91 Å². The molecule has 1 aromatic rings. The average Bonchev–Trinajstić information content (AvgIpc) is 2.56. The lowest BCUT2D eigenvalue weighted by molar-refractivity contribution is -0.683. The van der Waals surface area contributed by atoms with E-state index in [0.717, 1.165) is 0 Å². The van der Waals surface area contributed by atoms with Crippen LogP contribution in [0, 0.1) is 0 Å². The van der Waals surface area contributed by atoms with Crippen molar-refractivity contribution in [2.75, 3.05) is 30.3 Å². The summed E-state index contributed by atoms with van der Waals surface area (Å²) in [4.78, 5) is 23.0. The molecule has 1 atom stereocenters. The lowest BCUT2D eigenvalue weighted by atomic mass is 10.2. The highest BCUT2D eigenvalue weighted by Crippen LogP contribution is 2.15. The maximum absolute atomic E-state index is 12.0. The van der Waals surface area contributed by atoms with Gasteiger partial charge in [0.25, 0.3) is 0 Å². The largest absolute Gasteiger partial charge is 0.544 e. The molecule has 0 unspecified atom stereocenters. The number of aliphatic carboxylic acids is 1. The Morgan fingerprint density at radius 3 is 2.64 bits per heavy atom. The molecular weight excluding hydrogens is 344 g/mol. The van der Waals surface area contributed by atoms with Crippen LogP contribution in [0.25, 0.3) is 0 Å². The summed E-state index contributed by atoms with van der Waals surface area (Å²) < 4.78 is 0. The van der Waals surface area contributed by atoms with Crippen molar-refractivity contribution in [3.63, 3.8) is 0 Å². The van der Waals surface area contributed by atoms with Gasteiger partial charge in [-0.15, -0.1) is 6.58 Å². The van der Waals surface area contributed by atoms with Gasteiger partial charge in [-0.1, -0.05) is 12.1 Å². The standard InChI is InChI=1S/C16H22N4O4S/c1-2-6-18-16(25)20-12-5-3-4-11(9-12)19-14(22)10-13(15(23)24)17-7-8-21/h2-5,9,13,17,21H,1,6-8,10H2,(H,19,22)(H,23,24)(H2,18,20,25)/t13-/m0/s1. The minimum absolute atomic E-state index is 0.181. The third-order valence-corrected chi connectivity index (χ3v) is 3.35. The number of hydrogen-bond donors (Lipinski definition) is 5. The van der Waals surface area contributed by atoms with Crippen molar-refractivity contribution in [3.8, 4) is 0 Å². The molecule has 0 saturated heterocycles. The number of carbonyl (C=O) groups excluding carboxylic acids is 2. The van der Waals surface area contributed by atoms with E-state index in [1.54, 1.807) is 30.3 Å². The van der Waals surface area contributed by atoms with Gasteiger partial charge in [0.15, 0.2) is 5.11 Å². The molecule has 0 heterocycles. The zero-order valence-electron chi connectivity index (χ0n) is 13.7. The van der Waals surface area contributed by atoms with Gasteiger partial charge in [-0.05, 0) is 30.4 Å². The summed E-state index contributed by atoms with van der Waals surface area (Å²) >= 11 is 5.10. The number of aliphatic hydroxyl groups is 1. The van der Waals surface area contributed by atoms with Crippen LogP contribution in [0.1, 0.15) is 6.42 Å². The molecule has 0 radical (unpaired) electrons. The van der Waals surface area contributed by atoms with Gasteiger partial charge in [-0.25, -0.2) is 0 Å². The second-order valence-electron chi connectivity index (χ2n) is 5.13. The van der Waals surface area contributed by atoms with Crippen LogP contribution in [0.15, 0.2) is 36.9 Å². The lowest BCUT2D eigenvalue weighted by Gasteiger charge is -2.16. The molecule has 8 nitrogen and oxygen atoms in total. The Morgan fingerprint density at radius 2 is 2.04 bits per heavy atom. The average molecular weight is 366 g/mol. The van der Waals surface area contributed by atoms with Crippen LogP contribution in [0.2, 0.25) is 0 Å². The number of nitrogens with one attached hydrogen (secondary N) is 3. The molecule has 136 valence electrons. The summed E-state index contributed by atoms with van der Waals surface area (Å²) in [5.41, 5.74) is 1.17. The van der Waals surface area contributed by atoms with Gasteiger partial charge < -0.3 is 36.3 Å². The smallest absolute Gasteiger partial charge is 0.230 e. The SMILES string of the molecule is C=CCNC(=S)Nc1cccc(NC(=O)C[C@H]([NH2+]CCO)C(=O)[O-])c1. The molecule has 1 aromatic carbocycles. The second-order valence-corrected chi connectivity index (χ2v) is 5.54. The van der Waals surface area contributed by atoms with E-state index in [1.807, 2.05) is 0 Å². The fraction of sp³-hybridized carbons (Fsp3) is 0.312. The van der Waals surface area contributed by atoms with Crippen LogP contribution in [0.5, 0.6) is 0 Å². The van der Waals surface area contributed by atoms with Crippen molar-refractivity contribution in [3.05, 3.63) is 36.9 Å². The number of carbonyl (C=O) groups is 2. The van der Waals surface area contributed by atoms with Crippen LogP contribution in [-0.2, 0) is 9.59 Å². The number of rotatable bonds is 10. The molecule has 0 aliphatic heterocycles. The number of hydrogen-bond acceptors (Lipinski definition) is 5. The van der Waals surface area contributed by atoms with E-state index in [1.165, 1.54) is 5.32 Å². The van der Waals surface area contributed by atoms with Crippen LogP contribution in [-0.4, -0.2) is 47.8 Å². The molecular formula is C16H22N4O4S. The Hall–Kier alpha value is -2.49. The first-order valence-electron chi connectivity index (χ1n) is 7.67. The molecule has 9 heteroatoms. The van der Waals surface area contributed by atoms with Gasteiger partial charge in [0.1, 0.15) is 6.04 Å². The number of nitrogens with two attached hydrogens (primary N) is 1. The minimum atomic E-state index is -1.35. The lowest BCUT2D eigenvalue weighted by Crippen LogP contribution is -2.94. The third-order valence-electron chi connectivity index (χ3n) is 3.10. The number of carboxylic acids is 1. The van der Waals surface area contributed by atoms with E-state index in [0.29, 0.717) is 23.0 Å². The van der Waals surface area contributed by atoms with E-state index in [4.69, 9.17) is 17.3 Å². The van der Waals surface area contributed by atoms with E-state index in [9.17, 15) is 14.7 Å². The maximum Gasteiger partial charge on any atom is 0.230 e. The van der Waals surface area contributed by atoms with Crippen LogP contribution < -0.4 is 26.4 Å². The number of amides is 1. The molecule has 0 aromatic heterocycles. The highest BCUT2D eigenvalue weighted by atomic mass is 32.1. The molecule has 0 aliphatic rings. The first kappa shape index (κ1) is 20.6. The summed E-state index contributed by atoms with van der Waals surface area (Å²) in [5.74, 6) is -1.81. The predicted octanol–water partition coefficient (Wildman–Crippen LogP) is -1.84. The van der Waals surface area contributed by atoms with Crippen LogP contribution in [0.4, 0.5) is 11.4 Å². The molecule has 6 N–H and O–H groups in total. The van der Waals surface area contributed by atoms with Gasteiger partial charge in [0, 0.05) is 17.9 Å². The maximum atomic E-state index is 12.0. The summed E-state index contributed by atoms with van der Waals surface area (Å²) in [6, 6.07) is 5.79. The fourth-order valence-electron chi connectivity index (χ4n) is 1.97. The normalized spacial score (nSPS) is 11.2. The summed E-state index contributed by atoms with van der Waals surface area (Å²) in [6.45, 7) is 4.11. The summed E-state index contributed by atoms with van der Waals surface area (Å²) in [7, 11) is 0. The summed E-state index contributed by atoms with van der Waals surface area (Å²) in [6.07, 6.45) is 1.41. The van der Waals surface area contributed by atoms with Crippen molar-refractivity contribution in [2.45, 2.75) is 12.5 Å². The Kier molecular flexibility index (Phi) is 9.15.